The van der Waals surface area contributed by atoms with Crippen LogP contribution in [0.2, 0.25) is 0 Å². The Morgan fingerprint density at radius 2 is 1.48 bits per heavy atom. The van der Waals surface area contributed by atoms with E-state index in [1.54, 1.807) is 24.3 Å². The summed E-state index contributed by atoms with van der Waals surface area (Å²) in [5, 5.41) is 4.81. The van der Waals surface area contributed by atoms with Crippen LogP contribution in [-0.4, -0.2) is 31.7 Å². The molecule has 0 aliphatic rings. The Morgan fingerprint density at radius 1 is 0.818 bits per heavy atom. The third-order valence-electron chi connectivity index (χ3n) is 5.54. The van der Waals surface area contributed by atoms with Crippen molar-refractivity contribution in [1.82, 2.24) is 4.31 Å². The van der Waals surface area contributed by atoms with E-state index >= 15 is 0 Å². The highest BCUT2D eigenvalue weighted by molar-refractivity contribution is 7.89. The molecule has 4 rings (SSSR count). The zero-order valence-corrected chi connectivity index (χ0v) is 19.3. The van der Waals surface area contributed by atoms with Gasteiger partial charge in [-0.15, -0.1) is 0 Å². The third kappa shape index (κ3) is 5.48. The largest absolute Gasteiger partial charge is 0.324 e. The molecule has 0 unspecified atom stereocenters. The van der Waals surface area contributed by atoms with Gasteiger partial charge in [0.05, 0.1) is 11.4 Å². The molecule has 0 aliphatic carbocycles. The van der Waals surface area contributed by atoms with E-state index < -0.39 is 10.0 Å². The lowest BCUT2D eigenvalue weighted by Crippen LogP contribution is -2.39. The van der Waals surface area contributed by atoms with Crippen LogP contribution in [0.25, 0.3) is 10.8 Å². The maximum absolute atomic E-state index is 13.4. The number of benzene rings is 4. The van der Waals surface area contributed by atoms with Crippen molar-refractivity contribution in [3.05, 3.63) is 108 Å². The first-order valence-corrected chi connectivity index (χ1v) is 12.3. The van der Waals surface area contributed by atoms with E-state index in [1.165, 1.54) is 4.31 Å². The van der Waals surface area contributed by atoms with Crippen LogP contribution in [0.4, 0.5) is 5.69 Å². The van der Waals surface area contributed by atoms with E-state index in [1.807, 2.05) is 79.7 Å². The predicted molar refractivity (Wildman–Crippen MR) is 133 cm³/mol. The molecule has 0 radical (unpaired) electrons. The monoisotopic (exact) mass is 458 g/mol. The number of anilines is 1. The van der Waals surface area contributed by atoms with Crippen molar-refractivity contribution in [2.75, 3.05) is 18.4 Å². The quantitative estimate of drug-likeness (QED) is 0.403. The molecule has 168 valence electrons. The van der Waals surface area contributed by atoms with Crippen LogP contribution in [0.15, 0.2) is 102 Å². The van der Waals surface area contributed by atoms with Gasteiger partial charge in [0.1, 0.15) is 0 Å². The lowest BCUT2D eigenvalue weighted by Gasteiger charge is -2.22. The van der Waals surface area contributed by atoms with E-state index in [0.29, 0.717) is 12.1 Å². The van der Waals surface area contributed by atoms with Crippen molar-refractivity contribution in [3.8, 4) is 0 Å². The summed E-state index contributed by atoms with van der Waals surface area (Å²) >= 11 is 0. The number of fused-ring (bicyclic) bond motifs is 1. The van der Waals surface area contributed by atoms with E-state index in [9.17, 15) is 13.2 Å². The van der Waals surface area contributed by atoms with Crippen LogP contribution in [0.5, 0.6) is 0 Å². The fourth-order valence-corrected chi connectivity index (χ4v) is 5.12. The number of amides is 1. The van der Waals surface area contributed by atoms with Gasteiger partial charge in [0.25, 0.3) is 0 Å². The lowest BCUT2D eigenvalue weighted by atomic mass is 10.1. The Balaban J connectivity index is 1.58. The van der Waals surface area contributed by atoms with Crippen LogP contribution in [0.1, 0.15) is 11.1 Å². The van der Waals surface area contributed by atoms with E-state index in [0.717, 1.165) is 21.9 Å². The summed E-state index contributed by atoms with van der Waals surface area (Å²) in [7, 11) is -3.85. The smallest absolute Gasteiger partial charge is 0.243 e. The SMILES string of the molecule is Cc1ccc(S(=O)(=O)N(CCc2ccccc2)CC(=O)Nc2cccc3ccccc23)cc1. The molecule has 1 N–H and O–H groups in total. The highest BCUT2D eigenvalue weighted by Gasteiger charge is 2.26. The molecule has 1 amide bonds. The van der Waals surface area contributed by atoms with Gasteiger partial charge < -0.3 is 5.32 Å². The summed E-state index contributed by atoms with van der Waals surface area (Å²) in [6.07, 6.45) is 0.507. The number of hydrogen-bond donors (Lipinski definition) is 1. The van der Waals surface area contributed by atoms with Crippen LogP contribution in [-0.2, 0) is 21.2 Å². The first-order valence-electron chi connectivity index (χ1n) is 10.8. The maximum atomic E-state index is 13.4. The lowest BCUT2D eigenvalue weighted by molar-refractivity contribution is -0.116. The topological polar surface area (TPSA) is 66.5 Å². The van der Waals surface area contributed by atoms with Crippen LogP contribution >= 0.6 is 0 Å². The third-order valence-corrected chi connectivity index (χ3v) is 7.39. The molecule has 6 heteroatoms. The molecule has 0 spiro atoms. The molecule has 0 bridgehead atoms. The van der Waals surface area contributed by atoms with Crippen molar-refractivity contribution >= 4 is 32.4 Å². The first kappa shape index (κ1) is 22.7. The minimum Gasteiger partial charge on any atom is -0.324 e. The second kappa shape index (κ2) is 9.98. The van der Waals surface area contributed by atoms with Crippen molar-refractivity contribution in [1.29, 1.82) is 0 Å². The fraction of sp³-hybridized carbons (Fsp3) is 0.148. The minimum absolute atomic E-state index is 0.180. The Bertz CT molecular complexity index is 1350. The van der Waals surface area contributed by atoms with Gasteiger partial charge in [-0.25, -0.2) is 8.42 Å². The fourth-order valence-electron chi connectivity index (χ4n) is 3.73. The summed E-state index contributed by atoms with van der Waals surface area (Å²) in [5.41, 5.74) is 2.64. The van der Waals surface area contributed by atoms with Gasteiger partial charge in [0, 0.05) is 17.6 Å². The number of nitrogens with one attached hydrogen (secondary N) is 1. The second-order valence-electron chi connectivity index (χ2n) is 7.96. The van der Waals surface area contributed by atoms with Crippen LogP contribution in [0, 0.1) is 6.92 Å². The summed E-state index contributed by atoms with van der Waals surface area (Å²) in [6.45, 7) is 1.83. The summed E-state index contributed by atoms with van der Waals surface area (Å²) in [5.74, 6) is -0.380. The molecule has 0 saturated heterocycles. The number of carbonyl (C=O) groups is 1. The van der Waals surface area contributed by atoms with Gasteiger partial charge in [-0.05, 0) is 42.5 Å². The molecule has 4 aromatic rings. The Labute approximate surface area is 194 Å². The van der Waals surface area contributed by atoms with Crippen molar-refractivity contribution < 1.29 is 13.2 Å². The predicted octanol–water partition coefficient (Wildman–Crippen LogP) is 5.02. The van der Waals surface area contributed by atoms with Gasteiger partial charge in [-0.3, -0.25) is 4.79 Å². The average Bonchev–Trinajstić information content (AvgIpc) is 2.83. The van der Waals surface area contributed by atoms with Gasteiger partial charge in [0.15, 0.2) is 0 Å². The Kier molecular flexibility index (Phi) is 6.87. The van der Waals surface area contributed by atoms with Gasteiger partial charge in [-0.1, -0.05) is 84.4 Å². The average molecular weight is 459 g/mol. The second-order valence-corrected chi connectivity index (χ2v) is 9.90. The molecule has 0 aromatic heterocycles. The zero-order chi connectivity index (χ0) is 23.3. The normalized spacial score (nSPS) is 11.6. The van der Waals surface area contributed by atoms with Gasteiger partial charge >= 0.3 is 0 Å². The van der Waals surface area contributed by atoms with E-state index in [-0.39, 0.29) is 23.9 Å². The summed E-state index contributed by atoms with van der Waals surface area (Å²) in [4.78, 5) is 13.2. The molecule has 0 atom stereocenters. The zero-order valence-electron chi connectivity index (χ0n) is 18.4. The summed E-state index contributed by atoms with van der Waals surface area (Å²) < 4.78 is 28.1. The molecular formula is C27H26N2O3S. The molecular weight excluding hydrogens is 432 g/mol. The Hall–Kier alpha value is -3.48. The molecule has 0 saturated carbocycles. The number of nitrogens with zero attached hydrogens (tertiary/aromatic N) is 1. The standard InChI is InChI=1S/C27H26N2O3S/c1-21-14-16-24(17-15-21)33(31,32)29(19-18-22-8-3-2-4-9-22)20-27(30)28-26-13-7-11-23-10-5-6-12-25(23)26/h2-17H,18-20H2,1H3,(H,28,30). The molecule has 0 aliphatic heterocycles. The molecule has 0 fully saturated rings. The highest BCUT2D eigenvalue weighted by Crippen LogP contribution is 2.23. The molecule has 5 nitrogen and oxygen atoms in total. The molecule has 33 heavy (non-hydrogen) atoms. The van der Waals surface area contributed by atoms with Gasteiger partial charge in [0.2, 0.25) is 15.9 Å². The number of sulfonamides is 1. The van der Waals surface area contributed by atoms with Crippen molar-refractivity contribution in [2.45, 2.75) is 18.2 Å². The van der Waals surface area contributed by atoms with Crippen LogP contribution < -0.4 is 5.32 Å². The van der Waals surface area contributed by atoms with Gasteiger partial charge in [-0.2, -0.15) is 4.31 Å². The van der Waals surface area contributed by atoms with E-state index in [4.69, 9.17) is 0 Å². The summed E-state index contributed by atoms with van der Waals surface area (Å²) in [6, 6.07) is 29.8. The van der Waals surface area contributed by atoms with E-state index in [2.05, 4.69) is 5.32 Å². The van der Waals surface area contributed by atoms with Crippen molar-refractivity contribution in [2.24, 2.45) is 0 Å². The highest BCUT2D eigenvalue weighted by atomic mass is 32.2. The number of aryl methyl sites for hydroxylation is 1. The molecule has 0 heterocycles. The number of carbonyl (C=O) groups excluding carboxylic acids is 1. The number of hydrogen-bond acceptors (Lipinski definition) is 3. The number of rotatable bonds is 8. The minimum atomic E-state index is -3.85. The maximum Gasteiger partial charge on any atom is 0.243 e. The first-order chi connectivity index (χ1) is 15.9. The van der Waals surface area contributed by atoms with Crippen LogP contribution in [0.3, 0.4) is 0 Å². The molecule has 4 aromatic carbocycles. The van der Waals surface area contributed by atoms with Crippen molar-refractivity contribution in [3.63, 3.8) is 0 Å². The Morgan fingerprint density at radius 3 is 2.24 bits per heavy atom.